The van der Waals surface area contributed by atoms with E-state index in [9.17, 15) is 13.2 Å². The van der Waals surface area contributed by atoms with Gasteiger partial charge in [0, 0.05) is 49.4 Å². The highest BCUT2D eigenvalue weighted by molar-refractivity contribution is 7.18. The summed E-state index contributed by atoms with van der Waals surface area (Å²) in [5, 5.41) is 4.98. The maximum atomic E-state index is 12.8. The third kappa shape index (κ3) is 3.71. The normalized spacial score (nSPS) is 22.7. The summed E-state index contributed by atoms with van der Waals surface area (Å²) in [5.74, 6) is 1.31. The quantitative estimate of drug-likeness (QED) is 0.646. The van der Waals surface area contributed by atoms with Crippen LogP contribution in [0.3, 0.4) is 0 Å². The van der Waals surface area contributed by atoms with E-state index in [4.69, 9.17) is 0 Å². The molecule has 5 heterocycles. The predicted octanol–water partition coefficient (Wildman–Crippen LogP) is 3.24. The number of nitrogens with zero attached hydrogens (tertiary/aromatic N) is 6. The van der Waals surface area contributed by atoms with Crippen LogP contribution in [-0.4, -0.2) is 56.5 Å². The lowest BCUT2D eigenvalue weighted by molar-refractivity contribution is -0.126. The molecule has 3 aromatic rings. The first kappa shape index (κ1) is 18.8. The summed E-state index contributed by atoms with van der Waals surface area (Å²) >= 11 is 1.11. The minimum Gasteiger partial charge on any atom is -0.354 e. The van der Waals surface area contributed by atoms with Gasteiger partial charge in [-0.05, 0) is 24.9 Å². The van der Waals surface area contributed by atoms with E-state index in [1.165, 1.54) is 11.9 Å². The summed E-state index contributed by atoms with van der Waals surface area (Å²) < 4.78 is 40.2. The second-order valence-electron chi connectivity index (χ2n) is 7.93. The van der Waals surface area contributed by atoms with Crippen molar-refractivity contribution >= 4 is 27.4 Å². The van der Waals surface area contributed by atoms with E-state index in [-0.39, 0.29) is 4.88 Å². The molecule has 0 aromatic carbocycles. The Bertz CT molecular complexity index is 1030. The molecule has 0 saturated carbocycles. The van der Waals surface area contributed by atoms with E-state index in [0.29, 0.717) is 16.8 Å². The zero-order chi connectivity index (χ0) is 20.2. The minimum atomic E-state index is -4.22. The molecular formula is C19H21F3N6S. The first-order valence-corrected chi connectivity index (χ1v) is 10.4. The molecule has 154 valence electrons. The highest BCUT2D eigenvalue weighted by Crippen LogP contribution is 2.38. The highest BCUT2D eigenvalue weighted by atomic mass is 32.1. The van der Waals surface area contributed by atoms with Gasteiger partial charge in [-0.2, -0.15) is 18.3 Å². The van der Waals surface area contributed by atoms with Gasteiger partial charge in [-0.25, -0.2) is 9.97 Å². The number of aromatic nitrogens is 4. The number of hydrogen-bond donors (Lipinski definition) is 0. The summed E-state index contributed by atoms with van der Waals surface area (Å²) in [6.07, 6.45) is 1.40. The number of rotatable bonds is 4. The lowest BCUT2D eigenvalue weighted by Crippen LogP contribution is -2.34. The number of hydrogen-bond acceptors (Lipinski definition) is 6. The Balaban J connectivity index is 1.36. The van der Waals surface area contributed by atoms with Crippen LogP contribution in [0, 0.1) is 5.92 Å². The molecule has 5 rings (SSSR count). The predicted molar refractivity (Wildman–Crippen MR) is 105 cm³/mol. The molecule has 0 bridgehead atoms. The van der Waals surface area contributed by atoms with Crippen LogP contribution in [-0.2, 0) is 20.0 Å². The lowest BCUT2D eigenvalue weighted by atomic mass is 10.1. The van der Waals surface area contributed by atoms with Crippen molar-refractivity contribution in [3.63, 3.8) is 0 Å². The molecule has 2 fully saturated rings. The van der Waals surface area contributed by atoms with Gasteiger partial charge in [-0.3, -0.25) is 9.58 Å². The molecular weight excluding hydrogens is 401 g/mol. The van der Waals surface area contributed by atoms with Gasteiger partial charge in [0.15, 0.2) is 0 Å². The number of alkyl halides is 3. The average Bonchev–Trinajstić information content (AvgIpc) is 3.38. The smallest absolute Gasteiger partial charge is 0.354 e. The number of aryl methyl sites for hydroxylation is 1. The van der Waals surface area contributed by atoms with Crippen LogP contribution in [0.15, 0.2) is 24.8 Å². The van der Waals surface area contributed by atoms with Gasteiger partial charge in [0.05, 0.1) is 18.0 Å². The Morgan fingerprint density at radius 1 is 1.24 bits per heavy atom. The number of halogens is 3. The second-order valence-corrected chi connectivity index (χ2v) is 9.05. The Morgan fingerprint density at radius 3 is 2.86 bits per heavy atom. The summed E-state index contributed by atoms with van der Waals surface area (Å²) in [5.41, 5.74) is 1.20. The fraction of sp³-hybridized carbons (Fsp3) is 0.526. The van der Waals surface area contributed by atoms with Gasteiger partial charge in [0.2, 0.25) is 0 Å². The van der Waals surface area contributed by atoms with Gasteiger partial charge < -0.3 is 4.90 Å². The fourth-order valence-corrected chi connectivity index (χ4v) is 5.66. The monoisotopic (exact) mass is 422 g/mol. The van der Waals surface area contributed by atoms with Gasteiger partial charge in [0.25, 0.3) is 0 Å². The third-order valence-electron chi connectivity index (χ3n) is 5.84. The van der Waals surface area contributed by atoms with Crippen LogP contribution >= 0.6 is 11.3 Å². The molecule has 0 N–H and O–H groups in total. The van der Waals surface area contributed by atoms with Crippen LogP contribution in [0.2, 0.25) is 0 Å². The van der Waals surface area contributed by atoms with Gasteiger partial charge in [-0.15, -0.1) is 11.3 Å². The molecule has 2 aliphatic rings. The SMILES string of the molecule is Cn1cc(CN2CCC3CN(c4ncnc5sc(CC(F)(F)F)cc45)CC32)cn1. The van der Waals surface area contributed by atoms with Crippen molar-refractivity contribution < 1.29 is 13.2 Å². The number of thiophene rings is 1. The Labute approximate surface area is 170 Å². The third-order valence-corrected chi connectivity index (χ3v) is 6.88. The molecule has 2 atom stereocenters. The van der Waals surface area contributed by atoms with Crippen molar-refractivity contribution in [3.05, 3.63) is 35.2 Å². The van der Waals surface area contributed by atoms with Crippen molar-refractivity contribution in [2.75, 3.05) is 24.5 Å². The minimum absolute atomic E-state index is 0.284. The topological polar surface area (TPSA) is 50.1 Å². The maximum Gasteiger partial charge on any atom is 0.393 e. The van der Waals surface area contributed by atoms with E-state index < -0.39 is 12.6 Å². The largest absolute Gasteiger partial charge is 0.393 e. The van der Waals surface area contributed by atoms with Crippen LogP contribution in [0.5, 0.6) is 0 Å². The van der Waals surface area contributed by atoms with Crippen LogP contribution < -0.4 is 4.90 Å². The van der Waals surface area contributed by atoms with Crippen LogP contribution in [0.1, 0.15) is 16.9 Å². The van der Waals surface area contributed by atoms with E-state index in [1.807, 2.05) is 24.1 Å². The van der Waals surface area contributed by atoms with E-state index in [2.05, 4.69) is 24.9 Å². The molecule has 29 heavy (non-hydrogen) atoms. The van der Waals surface area contributed by atoms with E-state index >= 15 is 0 Å². The number of fused-ring (bicyclic) bond motifs is 2. The zero-order valence-electron chi connectivity index (χ0n) is 15.9. The zero-order valence-corrected chi connectivity index (χ0v) is 16.7. The van der Waals surface area contributed by atoms with Crippen LogP contribution in [0.25, 0.3) is 10.2 Å². The van der Waals surface area contributed by atoms with Crippen molar-refractivity contribution in [2.24, 2.45) is 13.0 Å². The molecule has 0 radical (unpaired) electrons. The number of anilines is 1. The van der Waals surface area contributed by atoms with E-state index in [1.54, 1.807) is 6.07 Å². The first-order valence-electron chi connectivity index (χ1n) is 9.62. The Hall–Kier alpha value is -2.20. The maximum absolute atomic E-state index is 12.8. The Morgan fingerprint density at radius 2 is 2.10 bits per heavy atom. The average molecular weight is 422 g/mol. The van der Waals surface area contributed by atoms with Gasteiger partial charge >= 0.3 is 6.18 Å². The molecule has 0 amide bonds. The highest BCUT2D eigenvalue weighted by Gasteiger charge is 2.42. The van der Waals surface area contributed by atoms with Crippen LogP contribution in [0.4, 0.5) is 19.0 Å². The van der Waals surface area contributed by atoms with Gasteiger partial charge in [0.1, 0.15) is 17.0 Å². The van der Waals surface area contributed by atoms with Crippen molar-refractivity contribution in [1.82, 2.24) is 24.6 Å². The molecule has 0 aliphatic carbocycles. The summed E-state index contributed by atoms with van der Waals surface area (Å²) in [6.45, 7) is 3.65. The standard InChI is InChI=1S/C19H21F3N6S/c1-26-7-12(6-25-26)8-27-3-2-13-9-28(10-16(13)27)17-15-4-14(5-19(20,21)22)29-18(15)24-11-23-17/h4,6-7,11,13,16H,2-3,5,8-10H2,1H3. The molecule has 6 nitrogen and oxygen atoms in total. The second kappa shape index (κ2) is 6.94. The van der Waals surface area contributed by atoms with E-state index in [0.717, 1.165) is 55.1 Å². The number of likely N-dealkylation sites (tertiary alicyclic amines) is 1. The van der Waals surface area contributed by atoms with Crippen molar-refractivity contribution in [1.29, 1.82) is 0 Å². The summed E-state index contributed by atoms with van der Waals surface area (Å²) in [6, 6.07) is 2.04. The fourth-order valence-electron chi connectivity index (χ4n) is 4.64. The lowest BCUT2D eigenvalue weighted by Gasteiger charge is -2.24. The van der Waals surface area contributed by atoms with Gasteiger partial charge in [-0.1, -0.05) is 0 Å². The first-order chi connectivity index (χ1) is 13.9. The van der Waals surface area contributed by atoms with Crippen molar-refractivity contribution in [2.45, 2.75) is 31.6 Å². The molecule has 0 spiro atoms. The molecule has 2 unspecified atom stereocenters. The molecule has 2 aliphatic heterocycles. The summed E-state index contributed by atoms with van der Waals surface area (Å²) in [4.78, 5) is 14.3. The summed E-state index contributed by atoms with van der Waals surface area (Å²) in [7, 11) is 1.92. The molecule has 10 heteroatoms. The molecule has 3 aromatic heterocycles. The molecule has 2 saturated heterocycles. The Kier molecular flexibility index (Phi) is 4.50. The van der Waals surface area contributed by atoms with Crippen molar-refractivity contribution in [3.8, 4) is 0 Å².